The van der Waals surface area contributed by atoms with Gasteiger partial charge in [-0.2, -0.15) is 0 Å². The van der Waals surface area contributed by atoms with Crippen LogP contribution in [0.3, 0.4) is 0 Å². The molecule has 0 spiro atoms. The first kappa shape index (κ1) is 19.3. The van der Waals surface area contributed by atoms with Crippen molar-refractivity contribution in [1.82, 2.24) is 4.90 Å². The molecule has 1 aromatic rings. The second kappa shape index (κ2) is 8.39. The van der Waals surface area contributed by atoms with Gasteiger partial charge in [0.05, 0.1) is 25.2 Å². The van der Waals surface area contributed by atoms with Crippen molar-refractivity contribution >= 4 is 17.7 Å². The molecule has 1 aliphatic rings. The van der Waals surface area contributed by atoms with Gasteiger partial charge in [0.2, 0.25) is 5.91 Å². The Bertz CT molecular complexity index is 625. The van der Waals surface area contributed by atoms with E-state index in [2.05, 4.69) is 0 Å². The Hall–Kier alpha value is -2.01. The van der Waals surface area contributed by atoms with Crippen LogP contribution < -0.4 is 0 Å². The Balaban J connectivity index is 2.20. The number of nitrogens with zero attached hydrogens (tertiary/aromatic N) is 2. The van der Waals surface area contributed by atoms with Gasteiger partial charge in [-0.25, -0.2) is 4.79 Å². The molecular formula is C20H29N2O3+. The van der Waals surface area contributed by atoms with Crippen molar-refractivity contribution < 1.29 is 18.9 Å². The van der Waals surface area contributed by atoms with Gasteiger partial charge in [0.15, 0.2) is 0 Å². The molecule has 2 rings (SSSR count). The predicted molar refractivity (Wildman–Crippen MR) is 97.2 cm³/mol. The van der Waals surface area contributed by atoms with Gasteiger partial charge >= 0.3 is 5.91 Å². The van der Waals surface area contributed by atoms with Crippen molar-refractivity contribution in [2.75, 3.05) is 26.2 Å². The standard InChI is InChI=1S/C20H29N2O3/c1-4-22(5-2,6-3)20(25)17-13-11-16(12-14-17)19(24)21-15-9-7-8-10-18(21)23/h11-14H,4-10,15H2,1-3H3/q+1. The van der Waals surface area contributed by atoms with Crippen molar-refractivity contribution in [2.45, 2.75) is 46.5 Å². The number of carbonyl (C=O) groups excluding carboxylic acids is 3. The van der Waals surface area contributed by atoms with Gasteiger partial charge in [0.1, 0.15) is 0 Å². The first-order valence-corrected chi connectivity index (χ1v) is 9.34. The molecule has 3 amide bonds. The van der Waals surface area contributed by atoms with Crippen LogP contribution in [0.4, 0.5) is 0 Å². The van der Waals surface area contributed by atoms with Crippen molar-refractivity contribution in [3.05, 3.63) is 35.4 Å². The zero-order valence-corrected chi connectivity index (χ0v) is 15.6. The average molecular weight is 345 g/mol. The third-order valence-corrected chi connectivity index (χ3v) is 5.44. The first-order chi connectivity index (χ1) is 12.0. The van der Waals surface area contributed by atoms with Gasteiger partial charge < -0.3 is 0 Å². The number of hydrogen-bond acceptors (Lipinski definition) is 3. The van der Waals surface area contributed by atoms with E-state index in [4.69, 9.17) is 0 Å². The molecule has 0 atom stereocenters. The Morgan fingerprint density at radius 1 is 0.920 bits per heavy atom. The minimum atomic E-state index is -0.256. The van der Waals surface area contributed by atoms with E-state index in [-0.39, 0.29) is 17.7 Å². The van der Waals surface area contributed by atoms with Crippen LogP contribution in [-0.2, 0) is 4.79 Å². The van der Waals surface area contributed by atoms with Crippen LogP contribution in [0.25, 0.3) is 0 Å². The van der Waals surface area contributed by atoms with Gasteiger partial charge in [-0.15, -0.1) is 0 Å². The van der Waals surface area contributed by atoms with E-state index in [0.717, 1.165) is 38.9 Å². The fraction of sp³-hybridized carbons (Fsp3) is 0.550. The van der Waals surface area contributed by atoms with E-state index in [1.54, 1.807) is 24.3 Å². The summed E-state index contributed by atoms with van der Waals surface area (Å²) in [4.78, 5) is 38.9. The molecule has 5 heteroatoms. The highest BCUT2D eigenvalue weighted by Crippen LogP contribution is 2.18. The summed E-state index contributed by atoms with van der Waals surface area (Å²) in [6.07, 6.45) is 3.12. The molecule has 1 saturated heterocycles. The smallest absolute Gasteiger partial charge is 0.279 e. The quantitative estimate of drug-likeness (QED) is 0.608. The lowest BCUT2D eigenvalue weighted by molar-refractivity contribution is -0.843. The molecule has 1 aromatic carbocycles. The molecule has 1 aliphatic heterocycles. The molecule has 0 aromatic heterocycles. The maximum atomic E-state index is 12.9. The summed E-state index contributed by atoms with van der Waals surface area (Å²) in [6.45, 7) is 8.79. The van der Waals surface area contributed by atoms with E-state index in [0.29, 0.717) is 28.6 Å². The van der Waals surface area contributed by atoms with E-state index >= 15 is 0 Å². The van der Waals surface area contributed by atoms with Crippen molar-refractivity contribution in [2.24, 2.45) is 0 Å². The number of amides is 3. The molecular weight excluding hydrogens is 316 g/mol. The van der Waals surface area contributed by atoms with Crippen LogP contribution in [-0.4, -0.2) is 53.3 Å². The van der Waals surface area contributed by atoms with Gasteiger partial charge in [0.25, 0.3) is 5.91 Å². The third kappa shape index (κ3) is 3.98. The largest absolute Gasteiger partial charge is 0.345 e. The third-order valence-electron chi connectivity index (χ3n) is 5.44. The van der Waals surface area contributed by atoms with E-state index < -0.39 is 0 Å². The SMILES string of the molecule is CC[N+](CC)(CC)C(=O)c1ccc(C(=O)N2CCCCCC2=O)cc1. The number of benzene rings is 1. The van der Waals surface area contributed by atoms with Gasteiger partial charge in [-0.3, -0.25) is 19.0 Å². The number of hydrogen-bond donors (Lipinski definition) is 0. The molecule has 0 N–H and O–H groups in total. The monoisotopic (exact) mass is 345 g/mol. The summed E-state index contributed by atoms with van der Waals surface area (Å²) in [7, 11) is 0. The van der Waals surface area contributed by atoms with E-state index in [1.165, 1.54) is 4.90 Å². The Morgan fingerprint density at radius 3 is 2.04 bits per heavy atom. The molecule has 0 aliphatic carbocycles. The van der Waals surface area contributed by atoms with Gasteiger partial charge in [0, 0.05) is 18.5 Å². The average Bonchev–Trinajstić information content (AvgIpc) is 2.87. The highest BCUT2D eigenvalue weighted by molar-refractivity contribution is 6.05. The van der Waals surface area contributed by atoms with Crippen LogP contribution in [0.5, 0.6) is 0 Å². The van der Waals surface area contributed by atoms with Crippen LogP contribution in [0.15, 0.2) is 24.3 Å². The van der Waals surface area contributed by atoms with Crippen LogP contribution in [0.2, 0.25) is 0 Å². The summed E-state index contributed by atoms with van der Waals surface area (Å²) >= 11 is 0. The lowest BCUT2D eigenvalue weighted by Crippen LogP contribution is -2.52. The Morgan fingerprint density at radius 2 is 1.48 bits per heavy atom. The van der Waals surface area contributed by atoms with Crippen molar-refractivity contribution in [3.8, 4) is 0 Å². The van der Waals surface area contributed by atoms with Crippen LogP contribution >= 0.6 is 0 Å². The lowest BCUT2D eigenvalue weighted by atomic mass is 10.1. The minimum absolute atomic E-state index is 0.0809. The molecule has 5 nitrogen and oxygen atoms in total. The van der Waals surface area contributed by atoms with Gasteiger partial charge in [-0.05, 0) is 57.9 Å². The van der Waals surface area contributed by atoms with E-state index in [1.807, 2.05) is 20.8 Å². The number of carbonyl (C=O) groups is 3. The zero-order valence-electron chi connectivity index (χ0n) is 15.6. The number of quaternary nitrogens is 1. The second-order valence-electron chi connectivity index (χ2n) is 6.64. The molecule has 1 fully saturated rings. The van der Waals surface area contributed by atoms with Gasteiger partial charge in [-0.1, -0.05) is 6.42 Å². The first-order valence-electron chi connectivity index (χ1n) is 9.34. The van der Waals surface area contributed by atoms with E-state index in [9.17, 15) is 14.4 Å². The number of rotatable bonds is 5. The van der Waals surface area contributed by atoms with Crippen LogP contribution in [0, 0.1) is 0 Å². The minimum Gasteiger partial charge on any atom is -0.279 e. The summed E-state index contributed by atoms with van der Waals surface area (Å²) in [5.74, 6) is -0.272. The maximum Gasteiger partial charge on any atom is 0.345 e. The summed E-state index contributed by atoms with van der Waals surface area (Å²) in [6, 6.07) is 6.77. The summed E-state index contributed by atoms with van der Waals surface area (Å²) < 4.78 is 0.401. The van der Waals surface area contributed by atoms with Crippen molar-refractivity contribution in [1.29, 1.82) is 0 Å². The number of imide groups is 1. The normalized spacial score (nSPS) is 15.8. The highest BCUT2D eigenvalue weighted by Gasteiger charge is 2.32. The predicted octanol–water partition coefficient (Wildman–Crippen LogP) is 3.25. The lowest BCUT2D eigenvalue weighted by Gasteiger charge is -2.32. The van der Waals surface area contributed by atoms with Crippen molar-refractivity contribution in [3.63, 3.8) is 0 Å². The zero-order chi connectivity index (χ0) is 18.4. The topological polar surface area (TPSA) is 54.5 Å². The Kier molecular flexibility index (Phi) is 6.48. The highest BCUT2D eigenvalue weighted by atomic mass is 16.2. The fourth-order valence-corrected chi connectivity index (χ4v) is 3.48. The maximum absolute atomic E-state index is 12.9. The molecule has 0 radical (unpaired) electrons. The molecule has 25 heavy (non-hydrogen) atoms. The molecule has 0 bridgehead atoms. The fourth-order valence-electron chi connectivity index (χ4n) is 3.48. The molecule has 1 heterocycles. The molecule has 0 saturated carbocycles. The molecule has 0 unspecified atom stereocenters. The number of likely N-dealkylation sites (tertiary alicyclic amines) is 1. The summed E-state index contributed by atoms with van der Waals surface area (Å²) in [5, 5.41) is 0. The second-order valence-corrected chi connectivity index (χ2v) is 6.64. The Labute approximate surface area is 150 Å². The van der Waals surface area contributed by atoms with Crippen LogP contribution in [0.1, 0.15) is 67.2 Å². The molecule has 136 valence electrons. The summed E-state index contributed by atoms with van der Waals surface area (Å²) in [5.41, 5.74) is 1.08.